The molecule has 2 aromatic rings. The first-order valence-corrected chi connectivity index (χ1v) is 7.46. The predicted molar refractivity (Wildman–Crippen MR) is 85.0 cm³/mol. The van der Waals surface area contributed by atoms with Crippen molar-refractivity contribution in [2.75, 3.05) is 11.9 Å². The van der Waals surface area contributed by atoms with Crippen LogP contribution in [0.1, 0.15) is 34.0 Å². The highest BCUT2D eigenvalue weighted by Gasteiger charge is 2.26. The maximum atomic E-state index is 12.1. The molecule has 4 nitrogen and oxygen atoms in total. The van der Waals surface area contributed by atoms with Crippen LogP contribution >= 0.6 is 0 Å². The number of aliphatic hydroxyl groups excluding tert-OH is 2. The number of nitrogens with one attached hydrogen (secondary N) is 1. The van der Waals surface area contributed by atoms with Gasteiger partial charge in [0.15, 0.2) is 5.78 Å². The smallest absolute Gasteiger partial charge is 0.181 e. The fraction of sp³-hybridized carbons (Fsp3) is 0.278. The summed E-state index contributed by atoms with van der Waals surface area (Å²) >= 11 is 0. The molecule has 0 saturated heterocycles. The van der Waals surface area contributed by atoms with E-state index >= 15 is 0 Å². The second kappa shape index (κ2) is 6.30. The maximum Gasteiger partial charge on any atom is 0.181 e. The van der Waals surface area contributed by atoms with Crippen LogP contribution in [0.2, 0.25) is 0 Å². The van der Waals surface area contributed by atoms with Gasteiger partial charge in [0.05, 0.1) is 12.6 Å². The number of carbonyl (C=O) groups excluding carboxylic acids is 1. The fourth-order valence-corrected chi connectivity index (χ4v) is 2.80. The van der Waals surface area contributed by atoms with E-state index in [-0.39, 0.29) is 12.3 Å². The summed E-state index contributed by atoms with van der Waals surface area (Å²) in [6, 6.07) is 14.8. The number of hydrogen-bond acceptors (Lipinski definition) is 4. The van der Waals surface area contributed by atoms with E-state index in [0.29, 0.717) is 12.0 Å². The van der Waals surface area contributed by atoms with Crippen LogP contribution in [0.25, 0.3) is 0 Å². The minimum absolute atomic E-state index is 0.0359. The average Bonchev–Trinajstić information content (AvgIpc) is 2.57. The Labute approximate surface area is 129 Å². The van der Waals surface area contributed by atoms with Gasteiger partial charge >= 0.3 is 0 Å². The normalized spacial score (nSPS) is 20.3. The van der Waals surface area contributed by atoms with Crippen LogP contribution in [0.15, 0.2) is 48.5 Å². The van der Waals surface area contributed by atoms with Crippen molar-refractivity contribution < 1.29 is 15.0 Å². The van der Waals surface area contributed by atoms with E-state index < -0.39 is 12.2 Å². The van der Waals surface area contributed by atoms with Gasteiger partial charge in [-0.25, -0.2) is 0 Å². The molecule has 4 heteroatoms. The highest BCUT2D eigenvalue weighted by atomic mass is 16.3. The summed E-state index contributed by atoms with van der Waals surface area (Å²) in [4.78, 5) is 12.1. The van der Waals surface area contributed by atoms with Gasteiger partial charge in [-0.15, -0.1) is 0 Å². The molecule has 0 amide bonds. The van der Waals surface area contributed by atoms with Gasteiger partial charge < -0.3 is 15.5 Å². The van der Waals surface area contributed by atoms with E-state index in [1.54, 1.807) is 12.1 Å². The minimum Gasteiger partial charge on any atom is -0.390 e. The molecule has 0 aromatic heterocycles. The lowest BCUT2D eigenvalue weighted by atomic mass is 9.87. The van der Waals surface area contributed by atoms with Crippen LogP contribution in [0.4, 0.5) is 5.69 Å². The van der Waals surface area contributed by atoms with Gasteiger partial charge in [-0.2, -0.15) is 0 Å². The number of rotatable bonds is 4. The second-order valence-corrected chi connectivity index (χ2v) is 5.61. The summed E-state index contributed by atoms with van der Waals surface area (Å²) in [5.74, 6) is 0.0359. The molecule has 0 bridgehead atoms. The standard InChI is InChI=1S/C18H19NO3/c20-16-9-6-13-10-14(7-8-15(13)18(16)22)19-11-17(21)12-4-2-1-3-5-12/h1-5,7-8,10,16,18-20,22H,6,9,11H2. The van der Waals surface area contributed by atoms with Gasteiger partial charge in [0, 0.05) is 11.3 Å². The van der Waals surface area contributed by atoms with Crippen LogP contribution < -0.4 is 5.32 Å². The van der Waals surface area contributed by atoms with E-state index in [1.165, 1.54) is 0 Å². The third kappa shape index (κ3) is 3.03. The van der Waals surface area contributed by atoms with Crippen LogP contribution in [0.5, 0.6) is 0 Å². The molecule has 0 radical (unpaired) electrons. The highest BCUT2D eigenvalue weighted by Crippen LogP contribution is 2.31. The van der Waals surface area contributed by atoms with Crippen molar-refractivity contribution in [3.8, 4) is 0 Å². The van der Waals surface area contributed by atoms with Crippen molar-refractivity contribution in [1.29, 1.82) is 0 Å². The molecule has 3 rings (SSSR count). The second-order valence-electron chi connectivity index (χ2n) is 5.61. The molecule has 3 N–H and O–H groups in total. The zero-order chi connectivity index (χ0) is 15.5. The topological polar surface area (TPSA) is 69.6 Å². The number of anilines is 1. The number of fused-ring (bicyclic) bond motifs is 1. The number of aryl methyl sites for hydroxylation is 1. The van der Waals surface area contributed by atoms with Gasteiger partial charge in [-0.1, -0.05) is 36.4 Å². The molecule has 114 valence electrons. The molecule has 1 aliphatic rings. The minimum atomic E-state index is -0.816. The summed E-state index contributed by atoms with van der Waals surface area (Å²) in [7, 11) is 0. The monoisotopic (exact) mass is 297 g/mol. The van der Waals surface area contributed by atoms with Crippen molar-refractivity contribution in [3.05, 3.63) is 65.2 Å². The van der Waals surface area contributed by atoms with Crippen molar-refractivity contribution in [2.45, 2.75) is 25.0 Å². The molecule has 2 aromatic carbocycles. The van der Waals surface area contributed by atoms with Crippen molar-refractivity contribution in [1.82, 2.24) is 0 Å². The molecule has 2 atom stereocenters. The molecule has 0 fully saturated rings. The van der Waals surface area contributed by atoms with Crippen LogP contribution in [-0.2, 0) is 6.42 Å². The van der Waals surface area contributed by atoms with Gasteiger partial charge in [0.2, 0.25) is 0 Å². The molecule has 0 saturated carbocycles. The number of ketones is 1. The molecular weight excluding hydrogens is 278 g/mol. The Kier molecular flexibility index (Phi) is 4.22. The molecular formula is C18H19NO3. The van der Waals surface area contributed by atoms with Gasteiger partial charge in [-0.05, 0) is 36.1 Å². The Morgan fingerprint density at radius 1 is 1.14 bits per heavy atom. The number of Topliss-reactive ketones (excluding diaryl/α,β-unsaturated/α-hetero) is 1. The lowest BCUT2D eigenvalue weighted by molar-refractivity contribution is 0.00651. The zero-order valence-electron chi connectivity index (χ0n) is 12.2. The molecule has 0 spiro atoms. The Balaban J connectivity index is 1.68. The first kappa shape index (κ1) is 14.8. The quantitative estimate of drug-likeness (QED) is 0.758. The van der Waals surface area contributed by atoms with Gasteiger partial charge in [0.25, 0.3) is 0 Å². The summed E-state index contributed by atoms with van der Waals surface area (Å²) in [6.07, 6.45) is -0.217. The first-order valence-electron chi connectivity index (χ1n) is 7.46. The van der Waals surface area contributed by atoms with E-state index in [9.17, 15) is 15.0 Å². The van der Waals surface area contributed by atoms with Crippen LogP contribution in [0.3, 0.4) is 0 Å². The number of aliphatic hydroxyl groups is 2. The van der Waals surface area contributed by atoms with E-state index in [1.807, 2.05) is 36.4 Å². The Bertz CT molecular complexity index is 669. The summed E-state index contributed by atoms with van der Waals surface area (Å²) in [5.41, 5.74) is 3.34. The number of benzene rings is 2. The number of carbonyl (C=O) groups is 1. The Hall–Kier alpha value is -2.17. The summed E-state index contributed by atoms with van der Waals surface area (Å²) in [6.45, 7) is 0.230. The maximum absolute atomic E-state index is 12.1. The third-order valence-electron chi connectivity index (χ3n) is 4.08. The van der Waals surface area contributed by atoms with E-state index in [0.717, 1.165) is 23.2 Å². The highest BCUT2D eigenvalue weighted by molar-refractivity contribution is 5.98. The van der Waals surface area contributed by atoms with Gasteiger partial charge in [-0.3, -0.25) is 4.79 Å². The van der Waals surface area contributed by atoms with Gasteiger partial charge in [0.1, 0.15) is 6.10 Å². The summed E-state index contributed by atoms with van der Waals surface area (Å²) in [5, 5.41) is 22.8. The number of hydrogen-bond donors (Lipinski definition) is 3. The Morgan fingerprint density at radius 3 is 2.68 bits per heavy atom. The van der Waals surface area contributed by atoms with Crippen molar-refractivity contribution in [2.24, 2.45) is 0 Å². The Morgan fingerprint density at radius 2 is 1.91 bits per heavy atom. The van der Waals surface area contributed by atoms with E-state index in [4.69, 9.17) is 0 Å². The SMILES string of the molecule is O=C(CNc1ccc2c(c1)CCC(O)C2O)c1ccccc1. The average molecular weight is 297 g/mol. The van der Waals surface area contributed by atoms with E-state index in [2.05, 4.69) is 5.32 Å². The van der Waals surface area contributed by atoms with Crippen LogP contribution in [-0.4, -0.2) is 28.6 Å². The predicted octanol–water partition coefficient (Wildman–Crippen LogP) is 2.32. The largest absolute Gasteiger partial charge is 0.390 e. The third-order valence-corrected chi connectivity index (χ3v) is 4.08. The van der Waals surface area contributed by atoms with Crippen molar-refractivity contribution >= 4 is 11.5 Å². The molecule has 1 aliphatic carbocycles. The zero-order valence-corrected chi connectivity index (χ0v) is 12.2. The molecule has 0 aliphatic heterocycles. The molecule has 2 unspecified atom stereocenters. The lowest BCUT2D eigenvalue weighted by Gasteiger charge is -2.26. The first-order chi connectivity index (χ1) is 10.6. The molecule has 0 heterocycles. The van der Waals surface area contributed by atoms with Crippen molar-refractivity contribution in [3.63, 3.8) is 0 Å². The fourth-order valence-electron chi connectivity index (χ4n) is 2.80. The molecule has 22 heavy (non-hydrogen) atoms. The van der Waals surface area contributed by atoms with Crippen LogP contribution in [0, 0.1) is 0 Å². The summed E-state index contributed by atoms with van der Waals surface area (Å²) < 4.78 is 0. The lowest BCUT2D eigenvalue weighted by Crippen LogP contribution is -2.25.